The summed E-state index contributed by atoms with van der Waals surface area (Å²) in [5.74, 6) is -1.21. The van der Waals surface area contributed by atoms with Crippen LogP contribution in [0.5, 0.6) is 0 Å². The lowest BCUT2D eigenvalue weighted by molar-refractivity contribution is -0.123. The van der Waals surface area contributed by atoms with E-state index in [1.54, 1.807) is 62.8 Å². The molecule has 0 spiro atoms. The molecule has 2 aromatic carbocycles. The summed E-state index contributed by atoms with van der Waals surface area (Å²) in [5.41, 5.74) is 3.22. The summed E-state index contributed by atoms with van der Waals surface area (Å²) in [5, 5.41) is 5.77. The monoisotopic (exact) mass is 531 g/mol. The Balaban J connectivity index is 1.97. The molecule has 2 amide bonds. The first-order valence-corrected chi connectivity index (χ1v) is 12.5. The number of ether oxygens (including phenoxy) is 3. The van der Waals surface area contributed by atoms with E-state index >= 15 is 0 Å². The molecule has 1 aromatic heterocycles. The molecule has 0 aliphatic carbocycles. The maximum Gasteiger partial charge on any atom is 0.408 e. The largest absolute Gasteiger partial charge is 0.465 e. The lowest BCUT2D eigenvalue weighted by Crippen LogP contribution is -2.33. The minimum Gasteiger partial charge on any atom is -0.465 e. The van der Waals surface area contributed by atoms with Crippen molar-refractivity contribution in [2.24, 2.45) is 5.92 Å². The van der Waals surface area contributed by atoms with E-state index in [9.17, 15) is 14.4 Å². The van der Waals surface area contributed by atoms with Crippen molar-refractivity contribution in [1.29, 1.82) is 0 Å². The number of benzene rings is 2. The van der Waals surface area contributed by atoms with Crippen molar-refractivity contribution < 1.29 is 28.6 Å². The van der Waals surface area contributed by atoms with Crippen LogP contribution >= 0.6 is 0 Å². The van der Waals surface area contributed by atoms with Gasteiger partial charge in [0.05, 0.1) is 31.2 Å². The summed E-state index contributed by atoms with van der Waals surface area (Å²) in [6.07, 6.45) is 4.45. The predicted molar refractivity (Wildman–Crippen MR) is 147 cm³/mol. The van der Waals surface area contributed by atoms with Gasteiger partial charge in [-0.25, -0.2) is 9.59 Å². The lowest BCUT2D eigenvalue weighted by Gasteiger charge is -2.24. The van der Waals surface area contributed by atoms with Crippen LogP contribution in [0.4, 0.5) is 4.79 Å². The molecule has 3 aromatic rings. The van der Waals surface area contributed by atoms with E-state index in [1.807, 2.05) is 36.4 Å². The minimum atomic E-state index is -0.724. The Kier molecular flexibility index (Phi) is 11.2. The Morgan fingerprint density at radius 1 is 0.949 bits per heavy atom. The van der Waals surface area contributed by atoms with Crippen LogP contribution in [0.15, 0.2) is 85.2 Å². The summed E-state index contributed by atoms with van der Waals surface area (Å²) < 4.78 is 15.3. The molecule has 3 rings (SSSR count). The van der Waals surface area contributed by atoms with E-state index in [0.717, 1.165) is 5.56 Å². The summed E-state index contributed by atoms with van der Waals surface area (Å²) in [4.78, 5) is 42.0. The molecule has 0 aliphatic rings. The number of hydrogen-bond acceptors (Lipinski definition) is 7. The Hall–Kier alpha value is -4.50. The van der Waals surface area contributed by atoms with Crippen LogP contribution in [0.25, 0.3) is 5.57 Å². The second-order valence-electron chi connectivity index (χ2n) is 8.69. The fraction of sp³-hybridized carbons (Fsp3) is 0.267. The van der Waals surface area contributed by atoms with Crippen molar-refractivity contribution in [3.63, 3.8) is 0 Å². The molecule has 0 saturated heterocycles. The number of hydrogen-bond donors (Lipinski definition) is 2. The topological polar surface area (TPSA) is 116 Å². The highest BCUT2D eigenvalue weighted by molar-refractivity contribution is 5.89. The van der Waals surface area contributed by atoms with Gasteiger partial charge in [0.25, 0.3) is 0 Å². The Morgan fingerprint density at radius 3 is 2.33 bits per heavy atom. The van der Waals surface area contributed by atoms with E-state index in [0.29, 0.717) is 35.4 Å². The van der Waals surface area contributed by atoms with E-state index in [1.165, 1.54) is 7.11 Å². The van der Waals surface area contributed by atoms with Gasteiger partial charge in [-0.2, -0.15) is 0 Å². The van der Waals surface area contributed by atoms with Gasteiger partial charge in [-0.05, 0) is 40.5 Å². The first kappa shape index (κ1) is 29.1. The van der Waals surface area contributed by atoms with Gasteiger partial charge in [0.1, 0.15) is 6.61 Å². The van der Waals surface area contributed by atoms with Gasteiger partial charge in [-0.3, -0.25) is 9.78 Å². The molecule has 0 aliphatic heterocycles. The molecule has 1 heterocycles. The van der Waals surface area contributed by atoms with Gasteiger partial charge in [0, 0.05) is 26.0 Å². The van der Waals surface area contributed by atoms with E-state index in [4.69, 9.17) is 14.2 Å². The maximum absolute atomic E-state index is 13.0. The Bertz CT molecular complexity index is 1250. The third-order valence-electron chi connectivity index (χ3n) is 5.89. The number of carbonyl (C=O) groups is 3. The van der Waals surface area contributed by atoms with E-state index in [2.05, 4.69) is 15.6 Å². The van der Waals surface area contributed by atoms with Crippen molar-refractivity contribution in [3.05, 3.63) is 107 Å². The number of alkyl carbamates (subject to hydrolysis) is 1. The van der Waals surface area contributed by atoms with Gasteiger partial charge in [0.15, 0.2) is 0 Å². The third kappa shape index (κ3) is 8.79. The molecule has 9 nitrogen and oxygen atoms in total. The zero-order valence-electron chi connectivity index (χ0n) is 22.3. The summed E-state index contributed by atoms with van der Waals surface area (Å²) in [6.45, 7) is 2.62. The molecule has 204 valence electrons. The van der Waals surface area contributed by atoms with Crippen LogP contribution in [-0.4, -0.2) is 50.3 Å². The lowest BCUT2D eigenvalue weighted by atomic mass is 9.90. The highest BCUT2D eigenvalue weighted by atomic mass is 16.5. The molecular weight excluding hydrogens is 498 g/mol. The molecule has 0 radical (unpaired) electrons. The predicted octanol–water partition coefficient (Wildman–Crippen LogP) is 4.32. The number of esters is 1. The zero-order valence-corrected chi connectivity index (χ0v) is 22.3. The first-order valence-electron chi connectivity index (χ1n) is 12.5. The van der Waals surface area contributed by atoms with Crippen LogP contribution in [0.2, 0.25) is 0 Å². The quantitative estimate of drug-likeness (QED) is 0.264. The van der Waals surface area contributed by atoms with Crippen molar-refractivity contribution in [2.75, 3.05) is 27.4 Å². The average molecular weight is 532 g/mol. The van der Waals surface area contributed by atoms with Crippen LogP contribution in [-0.2, 0) is 25.6 Å². The molecule has 0 saturated carbocycles. The summed E-state index contributed by atoms with van der Waals surface area (Å²) in [7, 11) is 2.88. The van der Waals surface area contributed by atoms with Crippen molar-refractivity contribution in [1.82, 2.24) is 15.6 Å². The SMILES string of the molecule is COCCNC(=O)[C@H](C)/C=C(\c1cccnc1)C(NC(=O)OCc1ccccc1)c1ccc(C(=O)OC)cc1. The minimum absolute atomic E-state index is 0.0882. The number of pyridine rings is 1. The zero-order chi connectivity index (χ0) is 28.0. The highest BCUT2D eigenvalue weighted by Crippen LogP contribution is 2.32. The van der Waals surface area contributed by atoms with Gasteiger partial charge in [-0.15, -0.1) is 0 Å². The van der Waals surface area contributed by atoms with Crippen LogP contribution in [0.3, 0.4) is 0 Å². The molecule has 39 heavy (non-hydrogen) atoms. The average Bonchev–Trinajstić information content (AvgIpc) is 2.98. The second-order valence-corrected chi connectivity index (χ2v) is 8.69. The fourth-order valence-corrected chi connectivity index (χ4v) is 3.83. The Morgan fingerprint density at radius 2 is 1.69 bits per heavy atom. The fourth-order valence-electron chi connectivity index (χ4n) is 3.83. The summed E-state index contributed by atoms with van der Waals surface area (Å²) >= 11 is 0. The highest BCUT2D eigenvalue weighted by Gasteiger charge is 2.24. The van der Waals surface area contributed by atoms with Gasteiger partial charge in [-0.1, -0.05) is 61.5 Å². The molecule has 2 N–H and O–H groups in total. The van der Waals surface area contributed by atoms with Gasteiger partial charge in [0.2, 0.25) is 5.91 Å². The molecule has 1 unspecified atom stereocenters. The molecule has 2 atom stereocenters. The number of nitrogens with one attached hydrogen (secondary N) is 2. The van der Waals surface area contributed by atoms with Crippen LogP contribution in [0, 0.1) is 5.92 Å². The third-order valence-corrected chi connectivity index (χ3v) is 5.89. The van der Waals surface area contributed by atoms with Crippen LogP contribution < -0.4 is 10.6 Å². The van der Waals surface area contributed by atoms with Gasteiger partial charge < -0.3 is 24.8 Å². The first-order chi connectivity index (χ1) is 18.9. The number of nitrogens with zero attached hydrogens (tertiary/aromatic N) is 1. The number of aromatic nitrogens is 1. The maximum atomic E-state index is 13.0. The molecule has 9 heteroatoms. The van der Waals surface area contributed by atoms with Crippen molar-refractivity contribution >= 4 is 23.5 Å². The standard InChI is InChI=1S/C30H33N3O6/c1-21(28(34)32-16-17-37-2)18-26(25-10-7-15-31-19-25)27(23-11-13-24(14-12-23)29(35)38-3)33-30(36)39-20-22-8-5-4-6-9-22/h4-15,18-19,21,27H,16-17,20H2,1-3H3,(H,32,34)(H,33,36)/b26-18+/t21-,27?/m1/s1. The van der Waals surface area contributed by atoms with Crippen LogP contribution in [0.1, 0.15) is 40.0 Å². The van der Waals surface area contributed by atoms with E-state index in [-0.39, 0.29) is 12.5 Å². The normalized spacial score (nSPS) is 12.6. The van der Waals surface area contributed by atoms with Crippen molar-refractivity contribution in [2.45, 2.75) is 19.6 Å². The second kappa shape index (κ2) is 15.0. The number of rotatable bonds is 12. The number of methoxy groups -OCH3 is 2. The smallest absolute Gasteiger partial charge is 0.408 e. The molecule has 0 bridgehead atoms. The number of amides is 2. The van der Waals surface area contributed by atoms with Gasteiger partial charge >= 0.3 is 12.1 Å². The Labute approximate surface area is 228 Å². The van der Waals surface area contributed by atoms with E-state index < -0.39 is 24.0 Å². The van der Waals surface area contributed by atoms with Crippen molar-refractivity contribution in [3.8, 4) is 0 Å². The number of carbonyl (C=O) groups excluding carboxylic acids is 3. The molecule has 0 fully saturated rings. The molecular formula is C30H33N3O6. The summed E-state index contributed by atoms with van der Waals surface area (Å²) in [6, 6.07) is 18.9.